The number of nitro benzene ring substituents is 1. The van der Waals surface area contributed by atoms with E-state index in [4.69, 9.17) is 4.74 Å². The summed E-state index contributed by atoms with van der Waals surface area (Å²) in [5.74, 6) is -1.51. The van der Waals surface area contributed by atoms with Crippen LogP contribution in [0.2, 0.25) is 0 Å². The van der Waals surface area contributed by atoms with Crippen molar-refractivity contribution >= 4 is 17.8 Å². The van der Waals surface area contributed by atoms with E-state index in [1.165, 1.54) is 18.3 Å². The Balaban J connectivity index is 2.19. The molecule has 0 radical (unpaired) electrons. The molecule has 0 saturated carbocycles. The Kier molecular flexibility index (Phi) is 5.09. The molecule has 0 bridgehead atoms. The molecule has 0 aliphatic carbocycles. The zero-order valence-corrected chi connectivity index (χ0v) is 12.9. The lowest BCUT2D eigenvalue weighted by Gasteiger charge is -2.14. The quantitative estimate of drug-likeness (QED) is 0.456. The third-order valence-corrected chi connectivity index (χ3v) is 2.87. The number of H-pyrrole nitrogens is 1. The fourth-order valence-corrected chi connectivity index (χ4v) is 1.84. The Morgan fingerprint density at radius 3 is 2.83 bits per heavy atom. The van der Waals surface area contributed by atoms with Crippen LogP contribution >= 0.6 is 0 Å². The maximum atomic E-state index is 11.8. The molecule has 10 nitrogen and oxygen atoms in total. The van der Waals surface area contributed by atoms with Crippen molar-refractivity contribution in [2.24, 2.45) is 5.10 Å². The van der Waals surface area contributed by atoms with Crippen LogP contribution in [-0.2, 0) is 0 Å². The molecule has 1 heterocycles. The van der Waals surface area contributed by atoms with Crippen LogP contribution in [0.25, 0.3) is 0 Å². The summed E-state index contributed by atoms with van der Waals surface area (Å²) in [6.45, 7) is 3.58. The van der Waals surface area contributed by atoms with E-state index in [1.54, 1.807) is 13.8 Å². The number of carbonyl (C=O) groups is 1. The van der Waals surface area contributed by atoms with Crippen molar-refractivity contribution in [3.05, 3.63) is 45.3 Å². The van der Waals surface area contributed by atoms with Gasteiger partial charge in [-0.2, -0.15) is 10.2 Å². The van der Waals surface area contributed by atoms with Crippen molar-refractivity contribution in [3.8, 4) is 11.5 Å². The summed E-state index contributed by atoms with van der Waals surface area (Å²) >= 11 is 0. The highest BCUT2D eigenvalue weighted by atomic mass is 16.6. The second-order valence-electron chi connectivity index (χ2n) is 4.69. The minimum absolute atomic E-state index is 0.151. The number of nitro groups is 1. The van der Waals surface area contributed by atoms with Gasteiger partial charge in [0.15, 0.2) is 5.69 Å². The Bertz CT molecular complexity index is 799. The van der Waals surface area contributed by atoms with Crippen LogP contribution in [0.1, 0.15) is 28.7 Å². The highest BCUT2D eigenvalue weighted by Gasteiger charge is 2.13. The second-order valence-corrected chi connectivity index (χ2v) is 4.69. The average molecular weight is 332 g/mol. The number of aromatic nitrogens is 2. The maximum absolute atomic E-state index is 11.8. The number of hydrogen-bond donors (Lipinski definition) is 2. The lowest BCUT2D eigenvalue weighted by atomic mass is 10.2. The molecule has 0 aliphatic rings. The van der Waals surface area contributed by atoms with Gasteiger partial charge in [0.05, 0.1) is 17.7 Å². The van der Waals surface area contributed by atoms with Crippen molar-refractivity contribution in [3.63, 3.8) is 0 Å². The molecule has 0 aliphatic heterocycles. The van der Waals surface area contributed by atoms with Crippen LogP contribution in [0.5, 0.6) is 11.5 Å². The number of hydrazone groups is 1. The fourth-order valence-electron chi connectivity index (χ4n) is 1.84. The smallest absolute Gasteiger partial charge is 0.291 e. The summed E-state index contributed by atoms with van der Waals surface area (Å²) in [7, 11) is 0. The van der Waals surface area contributed by atoms with E-state index >= 15 is 0 Å². The first-order valence-electron chi connectivity index (χ1n) is 6.90. The van der Waals surface area contributed by atoms with E-state index in [0.717, 1.165) is 6.07 Å². The summed E-state index contributed by atoms with van der Waals surface area (Å²) < 4.78 is 5.09. The third-order valence-electron chi connectivity index (χ3n) is 2.87. The van der Waals surface area contributed by atoms with Gasteiger partial charge in [0.25, 0.3) is 11.6 Å². The molecule has 2 rings (SSSR count). The van der Waals surface area contributed by atoms with Gasteiger partial charge in [-0.3, -0.25) is 20.0 Å². The molecule has 10 heteroatoms. The average Bonchev–Trinajstić information content (AvgIpc) is 2.96. The van der Waals surface area contributed by atoms with Crippen molar-refractivity contribution in [1.82, 2.24) is 15.6 Å². The van der Waals surface area contributed by atoms with Gasteiger partial charge >= 0.3 is 0 Å². The number of benzene rings is 1. The first-order valence-corrected chi connectivity index (χ1v) is 6.90. The number of nitrogens with one attached hydrogen (secondary N) is 2. The minimum Gasteiger partial charge on any atom is -0.865 e. The largest absolute Gasteiger partial charge is 0.865 e. The first-order chi connectivity index (χ1) is 11.4. The summed E-state index contributed by atoms with van der Waals surface area (Å²) in [6, 6.07) is 3.90. The van der Waals surface area contributed by atoms with Crippen molar-refractivity contribution in [2.75, 3.05) is 6.61 Å². The summed E-state index contributed by atoms with van der Waals surface area (Å²) in [6.07, 6.45) is 1.17. The Hall–Kier alpha value is -3.43. The van der Waals surface area contributed by atoms with Gasteiger partial charge < -0.3 is 9.84 Å². The molecule has 0 spiro atoms. The van der Waals surface area contributed by atoms with Crippen LogP contribution < -0.4 is 15.3 Å². The zero-order chi connectivity index (χ0) is 17.7. The molecule has 1 amide bonds. The van der Waals surface area contributed by atoms with Crippen LogP contribution in [0.4, 0.5) is 5.69 Å². The highest BCUT2D eigenvalue weighted by molar-refractivity contribution is 5.93. The van der Waals surface area contributed by atoms with Gasteiger partial charge in [-0.05, 0) is 26.0 Å². The second kappa shape index (κ2) is 7.22. The molecule has 2 aromatic rings. The Morgan fingerprint density at radius 2 is 2.25 bits per heavy atom. The first kappa shape index (κ1) is 16.9. The molecule has 0 unspecified atom stereocenters. The maximum Gasteiger partial charge on any atom is 0.291 e. The minimum atomic E-state index is -0.810. The number of amides is 1. The molecule has 0 saturated heterocycles. The number of aromatic amines is 1. The molecule has 1 aromatic heterocycles. The summed E-state index contributed by atoms with van der Waals surface area (Å²) in [5.41, 5.74) is 2.71. The van der Waals surface area contributed by atoms with E-state index in [1.807, 2.05) is 0 Å². The highest BCUT2D eigenvalue weighted by Crippen LogP contribution is 2.34. The van der Waals surface area contributed by atoms with Crippen molar-refractivity contribution in [1.29, 1.82) is 0 Å². The van der Waals surface area contributed by atoms with Crippen molar-refractivity contribution in [2.45, 2.75) is 13.8 Å². The van der Waals surface area contributed by atoms with Gasteiger partial charge in [0, 0.05) is 23.1 Å². The molecular formula is C14H14N5O5-. The van der Waals surface area contributed by atoms with E-state index in [0.29, 0.717) is 5.69 Å². The van der Waals surface area contributed by atoms with Gasteiger partial charge in [-0.25, -0.2) is 5.43 Å². The van der Waals surface area contributed by atoms with E-state index in [2.05, 4.69) is 20.7 Å². The lowest BCUT2D eigenvalue weighted by Crippen LogP contribution is -2.18. The predicted octanol–water partition coefficient (Wildman–Crippen LogP) is 0.863. The van der Waals surface area contributed by atoms with E-state index < -0.39 is 22.3 Å². The molecule has 126 valence electrons. The SMILES string of the molecule is CCOc1cc(C=NNC(=O)c2cc(C)[nH]n2)cc([N+](=O)[O-])c1[O-]. The van der Waals surface area contributed by atoms with Gasteiger partial charge in [0.1, 0.15) is 5.75 Å². The lowest BCUT2D eigenvalue weighted by molar-refractivity contribution is -0.398. The van der Waals surface area contributed by atoms with E-state index in [9.17, 15) is 20.0 Å². The van der Waals surface area contributed by atoms with Gasteiger partial charge in [-0.15, -0.1) is 0 Å². The monoisotopic (exact) mass is 332 g/mol. The van der Waals surface area contributed by atoms with Crippen LogP contribution in [0.15, 0.2) is 23.3 Å². The van der Waals surface area contributed by atoms with Crippen LogP contribution in [0.3, 0.4) is 0 Å². The topological polar surface area (TPSA) is 146 Å². The number of hydrogen-bond acceptors (Lipinski definition) is 7. The normalized spacial score (nSPS) is 10.8. The van der Waals surface area contributed by atoms with Gasteiger partial charge in [0.2, 0.25) is 0 Å². The molecule has 1 aromatic carbocycles. The van der Waals surface area contributed by atoms with Gasteiger partial charge in [-0.1, -0.05) is 0 Å². The van der Waals surface area contributed by atoms with Crippen molar-refractivity contribution < 1.29 is 19.6 Å². The number of rotatable bonds is 6. The van der Waals surface area contributed by atoms with E-state index in [-0.39, 0.29) is 23.6 Å². The Morgan fingerprint density at radius 1 is 1.50 bits per heavy atom. The fraction of sp³-hybridized carbons (Fsp3) is 0.214. The summed E-state index contributed by atoms with van der Waals surface area (Å²) in [4.78, 5) is 21.9. The molecular weight excluding hydrogens is 318 g/mol. The molecule has 24 heavy (non-hydrogen) atoms. The number of carbonyl (C=O) groups excluding carboxylic acids is 1. The third kappa shape index (κ3) is 3.85. The Labute approximate surface area is 136 Å². The standard InChI is InChI=1S/C14H15N5O5/c1-3-24-12-6-9(5-11(13(12)20)19(22)23)7-15-18-14(21)10-4-8(2)16-17-10/h4-7,20H,3H2,1-2H3,(H,16,17)(H,18,21)/p-1. The number of aryl methyl sites for hydroxylation is 1. The zero-order valence-electron chi connectivity index (χ0n) is 12.9. The predicted molar refractivity (Wildman–Crippen MR) is 82.1 cm³/mol. The van der Waals surface area contributed by atoms with Crippen LogP contribution in [-0.4, -0.2) is 33.8 Å². The number of nitrogens with zero attached hydrogens (tertiary/aromatic N) is 3. The van der Waals surface area contributed by atoms with Crippen LogP contribution in [0, 0.1) is 17.0 Å². The molecule has 2 N–H and O–H groups in total. The molecule has 0 atom stereocenters. The summed E-state index contributed by atoms with van der Waals surface area (Å²) in [5, 5.41) is 32.8. The molecule has 0 fully saturated rings. The number of ether oxygens (including phenoxy) is 1.